The number of nitrogens with zero attached hydrogens (tertiary/aromatic N) is 2. The Hall–Kier alpha value is -1.81. The van der Waals surface area contributed by atoms with Gasteiger partial charge in [0, 0.05) is 22.6 Å². The lowest BCUT2D eigenvalue weighted by atomic mass is 10.1. The Morgan fingerprint density at radius 2 is 1.85 bits per heavy atom. The van der Waals surface area contributed by atoms with Crippen LogP contribution in [-0.4, -0.2) is 50.5 Å². The van der Waals surface area contributed by atoms with Gasteiger partial charge in [0.1, 0.15) is 12.6 Å². The van der Waals surface area contributed by atoms with Gasteiger partial charge in [0.05, 0.1) is 17.0 Å². The van der Waals surface area contributed by atoms with Crippen molar-refractivity contribution in [1.82, 2.24) is 10.2 Å². The van der Waals surface area contributed by atoms with Gasteiger partial charge in [0.2, 0.25) is 21.8 Å². The molecule has 0 saturated heterocycles. The molecule has 0 unspecified atom stereocenters. The molecule has 1 N–H and O–H groups in total. The maximum Gasteiger partial charge on any atom is 0.244 e. The van der Waals surface area contributed by atoms with Gasteiger partial charge in [0.15, 0.2) is 0 Å². The molecule has 0 aromatic heterocycles. The Balaban J connectivity index is 2.42. The van der Waals surface area contributed by atoms with Crippen LogP contribution in [0.15, 0.2) is 46.9 Å². The number of hydrogen-bond acceptors (Lipinski definition) is 4. The molecular formula is C22H26BrCl2N3O4S. The van der Waals surface area contributed by atoms with Crippen molar-refractivity contribution in [2.24, 2.45) is 0 Å². The van der Waals surface area contributed by atoms with Gasteiger partial charge in [-0.2, -0.15) is 0 Å². The first-order valence-corrected chi connectivity index (χ1v) is 13.6. The van der Waals surface area contributed by atoms with Crippen LogP contribution in [0.4, 0.5) is 5.69 Å². The van der Waals surface area contributed by atoms with Crippen LogP contribution in [0.5, 0.6) is 0 Å². The first-order chi connectivity index (χ1) is 15.4. The number of carbonyl (C=O) groups is 2. The van der Waals surface area contributed by atoms with E-state index < -0.39 is 28.5 Å². The molecule has 7 nitrogen and oxygen atoms in total. The Kier molecular flexibility index (Phi) is 10.0. The predicted molar refractivity (Wildman–Crippen MR) is 136 cm³/mol. The lowest BCUT2D eigenvalue weighted by Crippen LogP contribution is -2.51. The van der Waals surface area contributed by atoms with E-state index in [0.717, 1.165) is 27.0 Å². The first kappa shape index (κ1) is 27.4. The number of anilines is 1. The SMILES string of the molecule is CCCNC(=O)[C@@H](C)N(Cc1cccc(Br)c1)C(=O)CN(c1cc(Cl)ccc1Cl)S(C)(=O)=O. The van der Waals surface area contributed by atoms with E-state index in [9.17, 15) is 18.0 Å². The van der Waals surface area contributed by atoms with Gasteiger partial charge < -0.3 is 10.2 Å². The zero-order valence-electron chi connectivity index (χ0n) is 18.5. The second-order valence-corrected chi connectivity index (χ2v) is 11.2. The number of nitrogens with one attached hydrogen (secondary N) is 1. The van der Waals surface area contributed by atoms with E-state index in [2.05, 4.69) is 21.2 Å². The van der Waals surface area contributed by atoms with Gasteiger partial charge >= 0.3 is 0 Å². The lowest BCUT2D eigenvalue weighted by molar-refractivity contribution is -0.139. The van der Waals surface area contributed by atoms with Crippen molar-refractivity contribution in [3.05, 3.63) is 62.5 Å². The van der Waals surface area contributed by atoms with Crippen LogP contribution in [0.25, 0.3) is 0 Å². The summed E-state index contributed by atoms with van der Waals surface area (Å²) >= 11 is 15.7. The molecule has 180 valence electrons. The molecule has 11 heteroatoms. The number of benzene rings is 2. The highest BCUT2D eigenvalue weighted by molar-refractivity contribution is 9.10. The van der Waals surface area contributed by atoms with Crippen molar-refractivity contribution in [3.8, 4) is 0 Å². The molecular weight excluding hydrogens is 553 g/mol. The third kappa shape index (κ3) is 7.88. The Morgan fingerprint density at radius 1 is 1.15 bits per heavy atom. The van der Waals surface area contributed by atoms with E-state index in [1.165, 1.54) is 23.1 Å². The highest BCUT2D eigenvalue weighted by Crippen LogP contribution is 2.31. The molecule has 0 bridgehead atoms. The van der Waals surface area contributed by atoms with Crippen LogP contribution in [0.1, 0.15) is 25.8 Å². The largest absolute Gasteiger partial charge is 0.354 e. The van der Waals surface area contributed by atoms with E-state index in [4.69, 9.17) is 23.2 Å². The molecule has 2 rings (SSSR count). The predicted octanol–water partition coefficient (Wildman–Crippen LogP) is 4.47. The highest BCUT2D eigenvalue weighted by atomic mass is 79.9. The highest BCUT2D eigenvalue weighted by Gasteiger charge is 2.30. The van der Waals surface area contributed by atoms with Crippen LogP contribution in [0, 0.1) is 0 Å². The quantitative estimate of drug-likeness (QED) is 0.451. The average Bonchev–Trinajstić information content (AvgIpc) is 2.74. The molecule has 0 aliphatic rings. The molecule has 2 aromatic carbocycles. The second-order valence-electron chi connectivity index (χ2n) is 7.48. The van der Waals surface area contributed by atoms with Gasteiger partial charge in [-0.05, 0) is 49.2 Å². The van der Waals surface area contributed by atoms with Crippen LogP contribution in [-0.2, 0) is 26.2 Å². The van der Waals surface area contributed by atoms with Gasteiger partial charge in [-0.15, -0.1) is 0 Å². The fraction of sp³-hybridized carbons (Fsp3) is 0.364. The van der Waals surface area contributed by atoms with Crippen molar-refractivity contribution in [1.29, 1.82) is 0 Å². The van der Waals surface area contributed by atoms with Gasteiger partial charge in [0.25, 0.3) is 0 Å². The third-order valence-corrected chi connectivity index (χ3v) is 6.99. The van der Waals surface area contributed by atoms with Crippen molar-refractivity contribution in [2.45, 2.75) is 32.9 Å². The van der Waals surface area contributed by atoms with Crippen molar-refractivity contribution in [2.75, 3.05) is 23.7 Å². The average molecular weight is 579 g/mol. The molecule has 0 radical (unpaired) electrons. The maximum absolute atomic E-state index is 13.4. The molecule has 2 amide bonds. The summed E-state index contributed by atoms with van der Waals surface area (Å²) in [5.41, 5.74) is 0.866. The zero-order valence-corrected chi connectivity index (χ0v) is 22.4. The minimum Gasteiger partial charge on any atom is -0.354 e. The summed E-state index contributed by atoms with van der Waals surface area (Å²) in [7, 11) is -3.89. The summed E-state index contributed by atoms with van der Waals surface area (Å²) in [6.45, 7) is 3.57. The normalized spacial score (nSPS) is 12.2. The number of sulfonamides is 1. The molecule has 0 fully saturated rings. The number of amides is 2. The minimum atomic E-state index is -3.89. The summed E-state index contributed by atoms with van der Waals surface area (Å²) in [5.74, 6) is -0.887. The number of halogens is 3. The summed E-state index contributed by atoms with van der Waals surface area (Å²) in [5, 5.41) is 3.19. The van der Waals surface area contributed by atoms with Crippen molar-refractivity contribution < 1.29 is 18.0 Å². The first-order valence-electron chi connectivity index (χ1n) is 10.2. The Bertz CT molecular complexity index is 1110. The van der Waals surface area contributed by atoms with Crippen LogP contribution in [0.2, 0.25) is 10.0 Å². The summed E-state index contributed by atoms with van der Waals surface area (Å²) < 4.78 is 26.9. The van der Waals surface area contributed by atoms with E-state index in [1.54, 1.807) is 6.92 Å². The van der Waals surface area contributed by atoms with E-state index in [1.807, 2.05) is 31.2 Å². The fourth-order valence-corrected chi connectivity index (χ4v) is 4.82. The number of rotatable bonds is 10. The molecule has 0 heterocycles. The van der Waals surface area contributed by atoms with Crippen molar-refractivity contribution >= 4 is 66.7 Å². The standard InChI is InChI=1S/C22H26BrCl2N3O4S/c1-4-10-26-22(30)15(2)27(13-16-6-5-7-17(23)11-16)21(29)14-28(33(3,31)32)20-12-18(24)8-9-19(20)25/h5-9,11-12,15H,4,10,13-14H2,1-3H3,(H,26,30)/t15-/m1/s1. The second kappa shape index (κ2) is 12.1. The molecule has 0 spiro atoms. The van der Waals surface area contributed by atoms with Crippen LogP contribution < -0.4 is 9.62 Å². The zero-order chi connectivity index (χ0) is 24.8. The molecule has 33 heavy (non-hydrogen) atoms. The number of carbonyl (C=O) groups excluding carboxylic acids is 2. The van der Waals surface area contributed by atoms with Gasteiger partial charge in [-0.25, -0.2) is 8.42 Å². The number of hydrogen-bond donors (Lipinski definition) is 1. The third-order valence-electron chi connectivity index (χ3n) is 4.81. The van der Waals surface area contributed by atoms with E-state index in [-0.39, 0.29) is 28.2 Å². The van der Waals surface area contributed by atoms with E-state index in [0.29, 0.717) is 6.54 Å². The smallest absolute Gasteiger partial charge is 0.244 e. The summed E-state index contributed by atoms with van der Waals surface area (Å²) in [6, 6.07) is 10.9. The maximum atomic E-state index is 13.4. The Labute approximate surface area is 213 Å². The Morgan fingerprint density at radius 3 is 2.45 bits per heavy atom. The van der Waals surface area contributed by atoms with Gasteiger partial charge in [-0.3, -0.25) is 13.9 Å². The van der Waals surface area contributed by atoms with Gasteiger partial charge in [-0.1, -0.05) is 58.2 Å². The monoisotopic (exact) mass is 577 g/mol. The van der Waals surface area contributed by atoms with Crippen molar-refractivity contribution in [3.63, 3.8) is 0 Å². The molecule has 2 aromatic rings. The molecule has 0 aliphatic heterocycles. The molecule has 1 atom stereocenters. The molecule has 0 saturated carbocycles. The molecule has 0 aliphatic carbocycles. The lowest BCUT2D eigenvalue weighted by Gasteiger charge is -2.31. The van der Waals surface area contributed by atoms with Crippen LogP contribution >= 0.6 is 39.1 Å². The minimum absolute atomic E-state index is 0.0884. The van der Waals surface area contributed by atoms with E-state index >= 15 is 0 Å². The fourth-order valence-electron chi connectivity index (χ4n) is 3.08. The van der Waals surface area contributed by atoms with Crippen LogP contribution in [0.3, 0.4) is 0 Å². The summed E-state index contributed by atoms with van der Waals surface area (Å²) in [6.07, 6.45) is 1.72. The topological polar surface area (TPSA) is 86.8 Å². The summed E-state index contributed by atoms with van der Waals surface area (Å²) in [4.78, 5) is 27.5.